The Morgan fingerprint density at radius 2 is 1.83 bits per heavy atom. The van der Waals surface area contributed by atoms with Crippen LogP contribution in [0.5, 0.6) is 11.5 Å². The molecule has 0 spiro atoms. The van der Waals surface area contributed by atoms with E-state index in [2.05, 4.69) is 10.3 Å². The maximum Gasteiger partial charge on any atom is 0.258 e. The zero-order valence-electron chi connectivity index (χ0n) is 16.4. The first-order valence-corrected chi connectivity index (χ1v) is 12.1. The zero-order chi connectivity index (χ0) is 20.6. The second kappa shape index (κ2) is 10.6. The molecule has 0 aliphatic rings. The third-order valence-corrected chi connectivity index (χ3v) is 6.69. The zero-order valence-corrected chi connectivity index (χ0v) is 18.9. The van der Waals surface area contributed by atoms with Crippen molar-refractivity contribution in [3.63, 3.8) is 0 Å². The standard InChI is InChI=1S/C21H22N2O3S3/c1-25-16-8-14(9-17(10-16)26-2)11-28-12-15-13-29-21(22-15)23-20(24)18-6-4-5-7-19(18)27-3/h4-10,13H,11-12H2,1-3H3,(H,22,23,24). The van der Waals surface area contributed by atoms with Gasteiger partial charge < -0.3 is 9.47 Å². The number of nitrogens with one attached hydrogen (secondary N) is 1. The molecule has 1 amide bonds. The fourth-order valence-corrected chi connectivity index (χ4v) is 4.92. The van der Waals surface area contributed by atoms with Gasteiger partial charge in [0.1, 0.15) is 11.5 Å². The average Bonchev–Trinajstić information content (AvgIpc) is 3.20. The van der Waals surface area contributed by atoms with Crippen molar-refractivity contribution in [3.05, 3.63) is 64.7 Å². The van der Waals surface area contributed by atoms with Crippen molar-refractivity contribution in [2.24, 2.45) is 0 Å². The van der Waals surface area contributed by atoms with Gasteiger partial charge in [-0.2, -0.15) is 11.8 Å². The minimum Gasteiger partial charge on any atom is -0.497 e. The molecule has 3 rings (SSSR count). The molecule has 0 aliphatic carbocycles. The molecule has 5 nitrogen and oxygen atoms in total. The number of carbonyl (C=O) groups is 1. The van der Waals surface area contributed by atoms with Crippen molar-refractivity contribution < 1.29 is 14.3 Å². The Morgan fingerprint density at radius 3 is 2.52 bits per heavy atom. The summed E-state index contributed by atoms with van der Waals surface area (Å²) in [6.07, 6.45) is 1.96. The van der Waals surface area contributed by atoms with E-state index in [1.165, 1.54) is 11.3 Å². The first kappa shape index (κ1) is 21.5. The highest BCUT2D eigenvalue weighted by Crippen LogP contribution is 2.28. The van der Waals surface area contributed by atoms with Crippen LogP contribution in [0.3, 0.4) is 0 Å². The van der Waals surface area contributed by atoms with Gasteiger partial charge in [0.05, 0.1) is 25.5 Å². The van der Waals surface area contributed by atoms with Crippen molar-refractivity contribution in [1.29, 1.82) is 0 Å². The van der Waals surface area contributed by atoms with Crippen LogP contribution in [0.15, 0.2) is 52.7 Å². The van der Waals surface area contributed by atoms with E-state index in [1.54, 1.807) is 37.7 Å². The molecule has 0 saturated heterocycles. The highest BCUT2D eigenvalue weighted by atomic mass is 32.2. The fourth-order valence-electron chi connectivity index (χ4n) is 2.65. The number of thioether (sulfide) groups is 2. The van der Waals surface area contributed by atoms with Crippen LogP contribution in [0.25, 0.3) is 0 Å². The van der Waals surface area contributed by atoms with Crippen LogP contribution in [0.2, 0.25) is 0 Å². The lowest BCUT2D eigenvalue weighted by atomic mass is 10.2. The topological polar surface area (TPSA) is 60.5 Å². The maximum atomic E-state index is 12.5. The van der Waals surface area contributed by atoms with Gasteiger partial charge >= 0.3 is 0 Å². The third kappa shape index (κ3) is 5.91. The van der Waals surface area contributed by atoms with Crippen LogP contribution in [0, 0.1) is 0 Å². The van der Waals surface area contributed by atoms with E-state index in [0.717, 1.165) is 39.2 Å². The Bertz CT molecular complexity index is 953. The number of nitrogens with zero attached hydrogens (tertiary/aromatic N) is 1. The summed E-state index contributed by atoms with van der Waals surface area (Å²) in [5.74, 6) is 3.00. The van der Waals surface area contributed by atoms with Crippen molar-refractivity contribution in [3.8, 4) is 11.5 Å². The number of carbonyl (C=O) groups excluding carboxylic acids is 1. The number of thiazole rings is 1. The molecule has 0 bridgehead atoms. The van der Waals surface area contributed by atoms with Gasteiger partial charge in [-0.15, -0.1) is 23.1 Å². The molecule has 0 aliphatic heterocycles. The number of rotatable bonds is 9. The van der Waals surface area contributed by atoms with Gasteiger partial charge in [0, 0.05) is 27.8 Å². The van der Waals surface area contributed by atoms with E-state index >= 15 is 0 Å². The molecule has 152 valence electrons. The molecule has 1 N–H and O–H groups in total. The molecule has 1 heterocycles. The first-order valence-electron chi connectivity index (χ1n) is 8.81. The highest BCUT2D eigenvalue weighted by molar-refractivity contribution is 7.98. The largest absolute Gasteiger partial charge is 0.497 e. The second-order valence-electron chi connectivity index (χ2n) is 6.01. The summed E-state index contributed by atoms with van der Waals surface area (Å²) in [7, 11) is 3.29. The summed E-state index contributed by atoms with van der Waals surface area (Å²) in [4.78, 5) is 18.0. The molecule has 2 aromatic carbocycles. The van der Waals surface area contributed by atoms with Gasteiger partial charge in [0.2, 0.25) is 0 Å². The number of amides is 1. The van der Waals surface area contributed by atoms with Crippen LogP contribution >= 0.6 is 34.9 Å². The summed E-state index contributed by atoms with van der Waals surface area (Å²) in [5.41, 5.74) is 2.74. The van der Waals surface area contributed by atoms with Crippen molar-refractivity contribution in [1.82, 2.24) is 4.98 Å². The molecular weight excluding hydrogens is 424 g/mol. The summed E-state index contributed by atoms with van der Waals surface area (Å²) < 4.78 is 10.6. The molecule has 0 atom stereocenters. The molecule has 0 saturated carbocycles. The Labute approximate surface area is 183 Å². The number of methoxy groups -OCH3 is 2. The van der Waals surface area contributed by atoms with Gasteiger partial charge in [0.25, 0.3) is 5.91 Å². The number of benzene rings is 2. The van der Waals surface area contributed by atoms with Crippen molar-refractivity contribution in [2.45, 2.75) is 16.4 Å². The molecule has 8 heteroatoms. The van der Waals surface area contributed by atoms with E-state index in [1.807, 2.05) is 54.1 Å². The lowest BCUT2D eigenvalue weighted by Gasteiger charge is -2.08. The smallest absolute Gasteiger partial charge is 0.258 e. The maximum absolute atomic E-state index is 12.5. The highest BCUT2D eigenvalue weighted by Gasteiger charge is 2.12. The monoisotopic (exact) mass is 446 g/mol. The molecule has 0 fully saturated rings. The number of ether oxygens (including phenoxy) is 2. The Morgan fingerprint density at radius 1 is 1.10 bits per heavy atom. The summed E-state index contributed by atoms with van der Waals surface area (Å²) >= 11 is 4.75. The summed E-state index contributed by atoms with van der Waals surface area (Å²) in [6, 6.07) is 13.4. The lowest BCUT2D eigenvalue weighted by molar-refractivity contribution is 0.102. The van der Waals surface area contributed by atoms with E-state index in [0.29, 0.717) is 10.7 Å². The van der Waals surface area contributed by atoms with Gasteiger partial charge in [-0.1, -0.05) is 12.1 Å². The summed E-state index contributed by atoms with van der Waals surface area (Å²) in [5, 5.41) is 5.50. The Balaban J connectivity index is 1.56. The predicted molar refractivity (Wildman–Crippen MR) is 123 cm³/mol. The first-order chi connectivity index (χ1) is 14.1. The van der Waals surface area contributed by atoms with Crippen LogP contribution in [-0.2, 0) is 11.5 Å². The van der Waals surface area contributed by atoms with Crippen LogP contribution in [-0.4, -0.2) is 31.4 Å². The van der Waals surface area contributed by atoms with E-state index in [-0.39, 0.29) is 5.91 Å². The quantitative estimate of drug-likeness (QED) is 0.434. The molecule has 1 aromatic heterocycles. The molecule has 29 heavy (non-hydrogen) atoms. The number of aromatic nitrogens is 1. The second-order valence-corrected chi connectivity index (χ2v) is 8.70. The Hall–Kier alpha value is -2.16. The SMILES string of the molecule is COc1cc(CSCc2csc(NC(=O)c3ccccc3SC)n2)cc(OC)c1. The van der Waals surface area contributed by atoms with E-state index in [4.69, 9.17) is 9.47 Å². The van der Waals surface area contributed by atoms with E-state index < -0.39 is 0 Å². The van der Waals surface area contributed by atoms with Crippen LogP contribution in [0.1, 0.15) is 21.6 Å². The van der Waals surface area contributed by atoms with E-state index in [9.17, 15) is 4.79 Å². The van der Waals surface area contributed by atoms with Crippen molar-refractivity contribution in [2.75, 3.05) is 25.8 Å². The molecule has 0 radical (unpaired) electrons. The lowest BCUT2D eigenvalue weighted by Crippen LogP contribution is -2.12. The van der Waals surface area contributed by atoms with Gasteiger partial charge in [0.15, 0.2) is 5.13 Å². The third-order valence-electron chi connectivity index (χ3n) is 4.05. The molecular formula is C21H22N2O3S3. The predicted octanol–water partition coefficient (Wildman–Crippen LogP) is 5.57. The Kier molecular flexibility index (Phi) is 7.85. The fraction of sp³-hybridized carbons (Fsp3) is 0.238. The molecule has 0 unspecified atom stereocenters. The average molecular weight is 447 g/mol. The molecule has 3 aromatic rings. The van der Waals surface area contributed by atoms with Gasteiger partial charge in [-0.3, -0.25) is 10.1 Å². The normalized spacial score (nSPS) is 10.6. The van der Waals surface area contributed by atoms with Crippen molar-refractivity contribution >= 4 is 45.9 Å². The number of anilines is 1. The summed E-state index contributed by atoms with van der Waals surface area (Å²) in [6.45, 7) is 0. The minimum absolute atomic E-state index is 0.132. The van der Waals surface area contributed by atoms with Gasteiger partial charge in [-0.05, 0) is 36.1 Å². The van der Waals surface area contributed by atoms with Crippen LogP contribution in [0.4, 0.5) is 5.13 Å². The number of hydrogen-bond donors (Lipinski definition) is 1. The van der Waals surface area contributed by atoms with Gasteiger partial charge in [-0.25, -0.2) is 4.98 Å². The van der Waals surface area contributed by atoms with Crippen LogP contribution < -0.4 is 14.8 Å². The minimum atomic E-state index is -0.132. The number of hydrogen-bond acceptors (Lipinski definition) is 7.